The largest absolute Gasteiger partial charge is 0.453 e. The van der Waals surface area contributed by atoms with Crippen molar-refractivity contribution >= 4 is 46.6 Å². The predicted octanol–water partition coefficient (Wildman–Crippen LogP) is 5.40. The van der Waals surface area contributed by atoms with Gasteiger partial charge in [-0.1, -0.05) is 17.7 Å². The Kier molecular flexibility index (Phi) is 5.27. The SMILES string of the molecule is Nc1ncc(Cl)cc1Oc1cccc(NC(=O)Nc2ccc3c(c2)CCS3)c1. The van der Waals surface area contributed by atoms with Gasteiger partial charge in [0.05, 0.1) is 5.02 Å². The van der Waals surface area contributed by atoms with Gasteiger partial charge < -0.3 is 21.1 Å². The zero-order valence-electron chi connectivity index (χ0n) is 14.7. The minimum Gasteiger partial charge on any atom is -0.453 e. The molecule has 4 N–H and O–H groups in total. The van der Waals surface area contributed by atoms with E-state index in [1.54, 1.807) is 30.3 Å². The number of thioether (sulfide) groups is 1. The highest BCUT2D eigenvalue weighted by atomic mass is 35.5. The summed E-state index contributed by atoms with van der Waals surface area (Å²) in [6, 6.07) is 14.2. The van der Waals surface area contributed by atoms with Crippen molar-refractivity contribution in [1.29, 1.82) is 0 Å². The molecule has 0 radical (unpaired) electrons. The number of hydrogen-bond acceptors (Lipinski definition) is 5. The molecule has 0 spiro atoms. The lowest BCUT2D eigenvalue weighted by Crippen LogP contribution is -2.19. The second-order valence-corrected chi connectivity index (χ2v) is 7.74. The number of pyridine rings is 1. The van der Waals surface area contributed by atoms with Crippen LogP contribution in [0, 0.1) is 0 Å². The van der Waals surface area contributed by atoms with Crippen LogP contribution in [0.4, 0.5) is 22.0 Å². The van der Waals surface area contributed by atoms with E-state index in [4.69, 9.17) is 22.1 Å². The number of aromatic nitrogens is 1. The number of hydrogen-bond donors (Lipinski definition) is 3. The van der Waals surface area contributed by atoms with Crippen LogP contribution in [0.15, 0.2) is 59.6 Å². The first kappa shape index (κ1) is 18.5. The van der Waals surface area contributed by atoms with Gasteiger partial charge in [-0.3, -0.25) is 0 Å². The molecule has 0 saturated heterocycles. The maximum atomic E-state index is 12.3. The van der Waals surface area contributed by atoms with Crippen LogP contribution in [-0.4, -0.2) is 16.8 Å². The lowest BCUT2D eigenvalue weighted by Gasteiger charge is -2.11. The van der Waals surface area contributed by atoms with Gasteiger partial charge in [-0.25, -0.2) is 9.78 Å². The summed E-state index contributed by atoms with van der Waals surface area (Å²) in [4.78, 5) is 17.6. The molecule has 0 atom stereocenters. The van der Waals surface area contributed by atoms with E-state index in [1.807, 2.05) is 30.0 Å². The molecule has 6 nitrogen and oxygen atoms in total. The van der Waals surface area contributed by atoms with Crippen LogP contribution in [0.25, 0.3) is 0 Å². The van der Waals surface area contributed by atoms with Crippen LogP contribution in [0.3, 0.4) is 0 Å². The molecule has 142 valence electrons. The number of nitrogen functional groups attached to an aromatic ring is 1. The number of halogens is 1. The predicted molar refractivity (Wildman–Crippen MR) is 114 cm³/mol. The highest BCUT2D eigenvalue weighted by Crippen LogP contribution is 2.33. The standard InChI is InChI=1S/C20H17ClN4O2S/c21-13-9-17(19(22)23-11-13)27-16-3-1-2-14(10-16)24-20(26)25-15-4-5-18-12(8-15)6-7-28-18/h1-5,8-11H,6-7H2,(H2,22,23)(H2,24,25,26). The van der Waals surface area contributed by atoms with Crippen molar-refractivity contribution in [1.82, 2.24) is 4.98 Å². The smallest absolute Gasteiger partial charge is 0.323 e. The zero-order valence-corrected chi connectivity index (χ0v) is 16.3. The van der Waals surface area contributed by atoms with E-state index in [0.29, 0.717) is 22.2 Å². The maximum absolute atomic E-state index is 12.3. The van der Waals surface area contributed by atoms with E-state index in [-0.39, 0.29) is 11.8 Å². The molecular weight excluding hydrogens is 396 g/mol. The van der Waals surface area contributed by atoms with E-state index in [9.17, 15) is 4.79 Å². The molecule has 2 amide bonds. The molecular formula is C20H17ClN4O2S. The maximum Gasteiger partial charge on any atom is 0.323 e. The third-order valence-corrected chi connectivity index (χ3v) is 5.44. The Morgan fingerprint density at radius 1 is 1.14 bits per heavy atom. The molecule has 1 aliphatic rings. The topological polar surface area (TPSA) is 89.3 Å². The molecule has 1 aromatic heterocycles. The van der Waals surface area contributed by atoms with Gasteiger partial charge in [-0.2, -0.15) is 0 Å². The Bertz CT molecular complexity index is 1040. The monoisotopic (exact) mass is 412 g/mol. The number of nitrogens with zero attached hydrogens (tertiary/aromatic N) is 1. The van der Waals surface area contributed by atoms with Crippen molar-refractivity contribution < 1.29 is 9.53 Å². The number of anilines is 3. The normalized spacial score (nSPS) is 12.3. The summed E-state index contributed by atoms with van der Waals surface area (Å²) >= 11 is 7.77. The van der Waals surface area contributed by atoms with Gasteiger partial charge >= 0.3 is 6.03 Å². The van der Waals surface area contributed by atoms with E-state index >= 15 is 0 Å². The van der Waals surface area contributed by atoms with Crippen molar-refractivity contribution in [2.75, 3.05) is 22.1 Å². The Morgan fingerprint density at radius 2 is 1.96 bits per heavy atom. The summed E-state index contributed by atoms with van der Waals surface area (Å²) in [6.45, 7) is 0. The van der Waals surface area contributed by atoms with Crippen molar-refractivity contribution in [2.24, 2.45) is 0 Å². The van der Waals surface area contributed by atoms with Crippen molar-refractivity contribution in [3.05, 3.63) is 65.3 Å². The van der Waals surface area contributed by atoms with E-state index < -0.39 is 0 Å². The molecule has 0 fully saturated rings. The quantitative estimate of drug-likeness (QED) is 0.533. The summed E-state index contributed by atoms with van der Waals surface area (Å²) in [6.07, 6.45) is 2.47. The molecule has 4 rings (SSSR count). The average Bonchev–Trinajstić information content (AvgIpc) is 3.13. The third-order valence-electron chi connectivity index (χ3n) is 4.12. The van der Waals surface area contributed by atoms with Gasteiger partial charge in [-0.05, 0) is 42.3 Å². The van der Waals surface area contributed by atoms with Gasteiger partial charge in [-0.15, -0.1) is 11.8 Å². The van der Waals surface area contributed by atoms with Crippen LogP contribution in [0.1, 0.15) is 5.56 Å². The van der Waals surface area contributed by atoms with Crippen molar-refractivity contribution in [2.45, 2.75) is 11.3 Å². The summed E-state index contributed by atoms with van der Waals surface area (Å²) < 4.78 is 5.73. The third kappa shape index (κ3) is 4.32. The molecule has 2 heterocycles. The minimum atomic E-state index is -0.327. The fourth-order valence-corrected chi connectivity index (χ4v) is 4.04. The van der Waals surface area contributed by atoms with Gasteiger partial charge in [0.1, 0.15) is 5.75 Å². The van der Waals surface area contributed by atoms with Crippen LogP contribution in [0.5, 0.6) is 11.5 Å². The number of urea groups is 1. The number of carbonyl (C=O) groups is 1. The number of aryl methyl sites for hydroxylation is 1. The first-order chi connectivity index (χ1) is 13.6. The lowest BCUT2D eigenvalue weighted by atomic mass is 10.1. The molecule has 2 aromatic carbocycles. The fraction of sp³-hybridized carbons (Fsp3) is 0.100. The highest BCUT2D eigenvalue weighted by Gasteiger charge is 2.13. The molecule has 0 unspecified atom stereocenters. The summed E-state index contributed by atoms with van der Waals surface area (Å²) in [5.74, 6) is 2.17. The van der Waals surface area contributed by atoms with E-state index in [0.717, 1.165) is 17.9 Å². The van der Waals surface area contributed by atoms with Crippen LogP contribution < -0.4 is 21.1 Å². The van der Waals surface area contributed by atoms with E-state index in [2.05, 4.69) is 15.6 Å². The summed E-state index contributed by atoms with van der Waals surface area (Å²) in [5.41, 5.74) is 8.43. The van der Waals surface area contributed by atoms with Gasteiger partial charge in [0.15, 0.2) is 11.6 Å². The first-order valence-corrected chi connectivity index (χ1v) is 9.96. The Balaban J connectivity index is 1.43. The number of nitrogens with two attached hydrogens (primary N) is 1. The summed E-state index contributed by atoms with van der Waals surface area (Å²) in [5, 5.41) is 6.08. The molecule has 3 aromatic rings. The molecule has 0 aliphatic carbocycles. The Hall–Kier alpha value is -2.90. The number of nitrogens with one attached hydrogen (secondary N) is 2. The molecule has 28 heavy (non-hydrogen) atoms. The number of rotatable bonds is 4. The zero-order chi connectivity index (χ0) is 19.5. The second kappa shape index (κ2) is 8.00. The molecule has 1 aliphatic heterocycles. The number of amides is 2. The Labute approximate surface area is 171 Å². The number of ether oxygens (including phenoxy) is 1. The summed E-state index contributed by atoms with van der Waals surface area (Å²) in [7, 11) is 0. The Morgan fingerprint density at radius 3 is 2.82 bits per heavy atom. The fourth-order valence-electron chi connectivity index (χ4n) is 2.84. The number of carbonyl (C=O) groups excluding carboxylic acids is 1. The first-order valence-electron chi connectivity index (χ1n) is 8.59. The van der Waals surface area contributed by atoms with Crippen LogP contribution >= 0.6 is 23.4 Å². The lowest BCUT2D eigenvalue weighted by molar-refractivity contribution is 0.262. The molecule has 0 bridgehead atoms. The van der Waals surface area contributed by atoms with Gasteiger partial charge in [0.25, 0.3) is 0 Å². The van der Waals surface area contributed by atoms with Gasteiger partial charge in [0, 0.05) is 40.4 Å². The van der Waals surface area contributed by atoms with Crippen molar-refractivity contribution in [3.63, 3.8) is 0 Å². The van der Waals surface area contributed by atoms with Gasteiger partial charge in [0.2, 0.25) is 0 Å². The number of fused-ring (bicyclic) bond motifs is 1. The number of benzene rings is 2. The van der Waals surface area contributed by atoms with Crippen LogP contribution in [-0.2, 0) is 6.42 Å². The highest BCUT2D eigenvalue weighted by molar-refractivity contribution is 7.99. The molecule has 8 heteroatoms. The second-order valence-electron chi connectivity index (χ2n) is 6.17. The van der Waals surface area contributed by atoms with Crippen molar-refractivity contribution in [3.8, 4) is 11.5 Å². The van der Waals surface area contributed by atoms with E-state index in [1.165, 1.54) is 16.7 Å². The molecule has 0 saturated carbocycles. The average molecular weight is 413 g/mol. The minimum absolute atomic E-state index is 0.232. The van der Waals surface area contributed by atoms with Crippen LogP contribution in [0.2, 0.25) is 5.02 Å².